The highest BCUT2D eigenvalue weighted by atomic mass is 16.5. The fourth-order valence-corrected chi connectivity index (χ4v) is 4.24. The number of nitrogens with zero attached hydrogens (tertiary/aromatic N) is 1. The van der Waals surface area contributed by atoms with Gasteiger partial charge in [-0.15, -0.1) is 0 Å². The maximum atomic E-state index is 13.3. The Morgan fingerprint density at radius 3 is 2.17 bits per heavy atom. The van der Waals surface area contributed by atoms with E-state index in [1.54, 1.807) is 18.2 Å². The van der Waals surface area contributed by atoms with Crippen LogP contribution in [0.4, 0.5) is 0 Å². The Kier molecular flexibility index (Phi) is 8.07. The first kappa shape index (κ1) is 26.1. The van der Waals surface area contributed by atoms with Crippen LogP contribution in [0.2, 0.25) is 0 Å². The lowest BCUT2D eigenvalue weighted by molar-refractivity contribution is -0.140. The Morgan fingerprint density at radius 2 is 1.63 bits per heavy atom. The zero-order chi connectivity index (χ0) is 25.9. The minimum Gasteiger partial charge on any atom is -0.507 e. The summed E-state index contributed by atoms with van der Waals surface area (Å²) in [6.45, 7) is 7.92. The van der Waals surface area contributed by atoms with Crippen LogP contribution in [-0.4, -0.2) is 62.3 Å². The molecule has 0 aliphatic carbocycles. The molecule has 1 saturated heterocycles. The SMILES string of the molecule is COc1cc(C2/C(=C(\O)c3cc(C)ccc3C)C(=O)C(=O)N2CCOC(C)C)cc(OC)c1OC. The molecule has 2 aromatic carbocycles. The van der Waals surface area contributed by atoms with Crippen molar-refractivity contribution < 1.29 is 33.6 Å². The van der Waals surface area contributed by atoms with E-state index in [9.17, 15) is 14.7 Å². The van der Waals surface area contributed by atoms with Crippen LogP contribution in [0.5, 0.6) is 17.2 Å². The largest absolute Gasteiger partial charge is 0.507 e. The van der Waals surface area contributed by atoms with Crippen molar-refractivity contribution in [2.24, 2.45) is 0 Å². The van der Waals surface area contributed by atoms with Crippen molar-refractivity contribution in [1.29, 1.82) is 0 Å². The van der Waals surface area contributed by atoms with E-state index in [0.29, 0.717) is 28.4 Å². The van der Waals surface area contributed by atoms with Gasteiger partial charge in [0, 0.05) is 12.1 Å². The second kappa shape index (κ2) is 10.8. The van der Waals surface area contributed by atoms with Crippen molar-refractivity contribution in [2.45, 2.75) is 39.8 Å². The minimum atomic E-state index is -0.876. The van der Waals surface area contributed by atoms with E-state index in [1.807, 2.05) is 39.8 Å². The van der Waals surface area contributed by atoms with Crippen molar-refractivity contribution in [3.63, 3.8) is 0 Å². The van der Waals surface area contributed by atoms with Crippen molar-refractivity contribution in [2.75, 3.05) is 34.5 Å². The number of ether oxygens (including phenoxy) is 4. The minimum absolute atomic E-state index is 0.00233. The molecule has 8 heteroatoms. The highest BCUT2D eigenvalue weighted by Crippen LogP contribution is 2.45. The van der Waals surface area contributed by atoms with Crippen molar-refractivity contribution in [3.05, 3.63) is 58.2 Å². The van der Waals surface area contributed by atoms with Gasteiger partial charge in [-0.25, -0.2) is 0 Å². The average Bonchev–Trinajstić information content (AvgIpc) is 3.08. The van der Waals surface area contributed by atoms with Crippen LogP contribution in [-0.2, 0) is 14.3 Å². The van der Waals surface area contributed by atoms with Gasteiger partial charge in [-0.3, -0.25) is 9.59 Å². The second-order valence-electron chi connectivity index (χ2n) is 8.69. The van der Waals surface area contributed by atoms with Gasteiger partial charge >= 0.3 is 0 Å². The first-order valence-electron chi connectivity index (χ1n) is 11.4. The Morgan fingerprint density at radius 1 is 1.00 bits per heavy atom. The van der Waals surface area contributed by atoms with Gasteiger partial charge in [0.25, 0.3) is 11.7 Å². The van der Waals surface area contributed by atoms with E-state index >= 15 is 0 Å². The summed E-state index contributed by atoms with van der Waals surface area (Å²) >= 11 is 0. The molecule has 35 heavy (non-hydrogen) atoms. The van der Waals surface area contributed by atoms with Gasteiger partial charge in [-0.1, -0.05) is 17.7 Å². The van der Waals surface area contributed by atoms with E-state index in [1.165, 1.54) is 26.2 Å². The molecule has 0 radical (unpaired) electrons. The second-order valence-corrected chi connectivity index (χ2v) is 8.69. The molecular weight excluding hydrogens is 450 g/mol. The molecule has 1 atom stereocenters. The molecule has 0 spiro atoms. The summed E-state index contributed by atoms with van der Waals surface area (Å²) in [5, 5.41) is 11.4. The molecule has 0 aromatic heterocycles. The number of rotatable bonds is 9. The third-order valence-corrected chi connectivity index (χ3v) is 5.97. The van der Waals surface area contributed by atoms with E-state index in [0.717, 1.165) is 11.1 Å². The normalized spacial score (nSPS) is 17.3. The molecule has 1 N–H and O–H groups in total. The number of methoxy groups -OCH3 is 3. The predicted octanol–water partition coefficient (Wildman–Crippen LogP) is 4.18. The lowest BCUT2D eigenvalue weighted by atomic mass is 9.93. The first-order valence-corrected chi connectivity index (χ1v) is 11.4. The number of hydrogen-bond acceptors (Lipinski definition) is 7. The van der Waals surface area contributed by atoms with Crippen LogP contribution in [0.1, 0.15) is 42.1 Å². The predicted molar refractivity (Wildman–Crippen MR) is 132 cm³/mol. The Balaban J connectivity index is 2.26. The number of aliphatic hydroxyl groups excluding tert-OH is 1. The van der Waals surface area contributed by atoms with Crippen LogP contribution in [0.3, 0.4) is 0 Å². The summed E-state index contributed by atoms with van der Waals surface area (Å²) in [6.07, 6.45) is -0.0404. The van der Waals surface area contributed by atoms with Crippen LogP contribution in [0, 0.1) is 13.8 Å². The van der Waals surface area contributed by atoms with Gasteiger partial charge < -0.3 is 29.0 Å². The summed E-state index contributed by atoms with van der Waals surface area (Å²) in [4.78, 5) is 27.9. The Bertz CT molecular complexity index is 1130. The van der Waals surface area contributed by atoms with E-state index < -0.39 is 17.7 Å². The number of aliphatic hydroxyl groups is 1. The summed E-state index contributed by atoms with van der Waals surface area (Å²) in [5.41, 5.74) is 2.74. The summed E-state index contributed by atoms with van der Waals surface area (Å²) in [6, 6.07) is 8.08. The zero-order valence-corrected chi connectivity index (χ0v) is 21.3. The molecule has 1 fully saturated rings. The van der Waals surface area contributed by atoms with Gasteiger partial charge in [0.2, 0.25) is 5.75 Å². The van der Waals surface area contributed by atoms with Gasteiger partial charge in [0.05, 0.1) is 45.7 Å². The van der Waals surface area contributed by atoms with E-state index in [2.05, 4.69) is 0 Å². The first-order chi connectivity index (χ1) is 16.6. The van der Waals surface area contributed by atoms with Crippen LogP contribution in [0.25, 0.3) is 5.76 Å². The van der Waals surface area contributed by atoms with Crippen molar-refractivity contribution >= 4 is 17.4 Å². The average molecular weight is 484 g/mol. The highest BCUT2D eigenvalue weighted by molar-refractivity contribution is 6.46. The molecule has 1 unspecified atom stereocenters. The fraction of sp³-hybridized carbons (Fsp3) is 0.407. The van der Waals surface area contributed by atoms with Gasteiger partial charge in [0.1, 0.15) is 5.76 Å². The van der Waals surface area contributed by atoms with E-state index in [4.69, 9.17) is 18.9 Å². The number of aryl methyl sites for hydroxylation is 2. The lowest BCUT2D eigenvalue weighted by Gasteiger charge is -2.27. The molecule has 1 aliphatic heterocycles. The molecule has 188 valence electrons. The molecule has 0 saturated carbocycles. The van der Waals surface area contributed by atoms with Crippen molar-refractivity contribution in [3.8, 4) is 17.2 Å². The number of Topliss-reactive ketones (excluding diaryl/α,β-unsaturated/α-hetero) is 1. The van der Waals surface area contributed by atoms with Gasteiger partial charge in [0.15, 0.2) is 11.5 Å². The van der Waals surface area contributed by atoms with Crippen LogP contribution >= 0.6 is 0 Å². The summed E-state index contributed by atoms with van der Waals surface area (Å²) in [7, 11) is 4.48. The summed E-state index contributed by atoms with van der Waals surface area (Å²) in [5.74, 6) is -0.561. The van der Waals surface area contributed by atoms with Crippen LogP contribution in [0.15, 0.2) is 35.9 Å². The molecule has 2 aromatic rings. The lowest BCUT2D eigenvalue weighted by Crippen LogP contribution is -2.33. The number of hydrogen-bond donors (Lipinski definition) is 1. The van der Waals surface area contributed by atoms with Crippen LogP contribution < -0.4 is 14.2 Å². The monoisotopic (exact) mass is 483 g/mol. The maximum absolute atomic E-state index is 13.3. The van der Waals surface area contributed by atoms with E-state index in [-0.39, 0.29) is 30.6 Å². The number of likely N-dealkylation sites (tertiary alicyclic amines) is 1. The number of ketones is 1. The highest BCUT2D eigenvalue weighted by Gasteiger charge is 2.46. The molecular formula is C27H33NO7. The Hall–Kier alpha value is -3.52. The third-order valence-electron chi connectivity index (χ3n) is 5.97. The van der Waals surface area contributed by atoms with Gasteiger partial charge in [-0.2, -0.15) is 0 Å². The maximum Gasteiger partial charge on any atom is 0.295 e. The molecule has 3 rings (SSSR count). The molecule has 1 amide bonds. The topological polar surface area (TPSA) is 94.5 Å². The fourth-order valence-electron chi connectivity index (χ4n) is 4.24. The quantitative estimate of drug-likeness (QED) is 0.325. The molecule has 1 aliphatic rings. The Labute approximate surface area is 206 Å². The number of benzene rings is 2. The smallest absolute Gasteiger partial charge is 0.295 e. The molecule has 8 nitrogen and oxygen atoms in total. The third kappa shape index (κ3) is 5.12. The standard InChI is InChI=1S/C27H33NO7/c1-15(2)35-11-10-28-23(18-13-20(32-5)26(34-7)21(14-18)33-6)22(25(30)27(28)31)24(29)19-12-16(3)8-9-17(19)4/h8-9,12-15,23,29H,10-11H2,1-7H3/b24-22+. The van der Waals surface area contributed by atoms with Crippen molar-refractivity contribution in [1.82, 2.24) is 4.90 Å². The van der Waals surface area contributed by atoms with Gasteiger partial charge in [-0.05, 0) is 57.0 Å². The zero-order valence-electron chi connectivity index (χ0n) is 21.3. The number of amides is 1. The summed E-state index contributed by atoms with van der Waals surface area (Å²) < 4.78 is 22.1. The number of carbonyl (C=O) groups excluding carboxylic acids is 2. The molecule has 1 heterocycles. The number of carbonyl (C=O) groups is 2. The molecule has 0 bridgehead atoms.